The molecule has 1 aliphatic rings. The summed E-state index contributed by atoms with van der Waals surface area (Å²) in [5, 5.41) is 11.5. The van der Waals surface area contributed by atoms with E-state index in [0.717, 1.165) is 18.4 Å². The first-order valence-electron chi connectivity index (χ1n) is 9.26. The normalized spacial score (nSPS) is 15.8. The lowest BCUT2D eigenvalue weighted by molar-refractivity contribution is 0.411. The Morgan fingerprint density at radius 1 is 1.00 bits per heavy atom. The lowest BCUT2D eigenvalue weighted by Crippen LogP contribution is -2.20. The Kier molecular flexibility index (Phi) is 6.15. The molecule has 0 radical (unpaired) electrons. The SMILES string of the molecule is COc1ccc(S(=O)(=O)Nc2ccc(NC3CCCCCC3)nn2)cc1C. The van der Waals surface area contributed by atoms with E-state index >= 15 is 0 Å². The third kappa shape index (κ3) is 5.09. The first-order chi connectivity index (χ1) is 13.0. The largest absolute Gasteiger partial charge is 0.496 e. The van der Waals surface area contributed by atoms with Gasteiger partial charge in [0.25, 0.3) is 10.0 Å². The fourth-order valence-electron chi connectivity index (χ4n) is 3.31. The molecule has 1 fully saturated rings. The van der Waals surface area contributed by atoms with Crippen molar-refractivity contribution in [2.24, 2.45) is 0 Å². The van der Waals surface area contributed by atoms with Gasteiger partial charge < -0.3 is 10.1 Å². The van der Waals surface area contributed by atoms with Crippen LogP contribution in [0, 0.1) is 6.92 Å². The number of aryl methyl sites for hydroxylation is 1. The van der Waals surface area contributed by atoms with Crippen LogP contribution in [0.4, 0.5) is 11.6 Å². The lowest BCUT2D eigenvalue weighted by atomic mass is 10.1. The Labute approximate surface area is 160 Å². The van der Waals surface area contributed by atoms with Gasteiger partial charge in [-0.05, 0) is 55.7 Å². The van der Waals surface area contributed by atoms with E-state index in [2.05, 4.69) is 20.2 Å². The highest BCUT2D eigenvalue weighted by Gasteiger charge is 2.17. The zero-order chi connectivity index (χ0) is 19.3. The van der Waals surface area contributed by atoms with Gasteiger partial charge in [0.15, 0.2) is 5.82 Å². The molecule has 0 amide bonds. The van der Waals surface area contributed by atoms with Crippen LogP contribution in [0.2, 0.25) is 0 Å². The van der Waals surface area contributed by atoms with E-state index < -0.39 is 10.0 Å². The highest BCUT2D eigenvalue weighted by Crippen LogP contribution is 2.23. The molecule has 2 N–H and O–H groups in total. The summed E-state index contributed by atoms with van der Waals surface area (Å²) >= 11 is 0. The standard InChI is InChI=1S/C19H26N4O3S/c1-14-13-16(9-10-17(14)26-2)27(24,25)23-19-12-11-18(21-22-19)20-15-7-5-3-4-6-8-15/h9-13,15H,3-8H2,1-2H3,(H,20,21)(H,22,23). The average molecular weight is 391 g/mol. The second-order valence-corrected chi connectivity index (χ2v) is 8.56. The predicted molar refractivity (Wildman–Crippen MR) is 106 cm³/mol. The molecule has 2 aromatic rings. The number of rotatable bonds is 6. The zero-order valence-corrected chi connectivity index (χ0v) is 16.6. The molecule has 1 aliphatic carbocycles. The van der Waals surface area contributed by atoms with Crippen LogP contribution >= 0.6 is 0 Å². The van der Waals surface area contributed by atoms with E-state index in [1.807, 2.05) is 0 Å². The van der Waals surface area contributed by atoms with Crippen molar-refractivity contribution in [3.05, 3.63) is 35.9 Å². The number of hydrogen-bond acceptors (Lipinski definition) is 6. The fourth-order valence-corrected chi connectivity index (χ4v) is 4.39. The van der Waals surface area contributed by atoms with Crippen LogP contribution in [0.5, 0.6) is 5.75 Å². The summed E-state index contributed by atoms with van der Waals surface area (Å²) in [6.45, 7) is 1.80. The number of methoxy groups -OCH3 is 1. The number of aromatic nitrogens is 2. The highest BCUT2D eigenvalue weighted by molar-refractivity contribution is 7.92. The van der Waals surface area contributed by atoms with Gasteiger partial charge in [0.05, 0.1) is 12.0 Å². The molecular formula is C19H26N4O3S. The Morgan fingerprint density at radius 2 is 1.67 bits per heavy atom. The number of sulfonamides is 1. The number of anilines is 2. The zero-order valence-electron chi connectivity index (χ0n) is 15.7. The molecule has 1 aromatic heterocycles. The van der Waals surface area contributed by atoms with Crippen molar-refractivity contribution < 1.29 is 13.2 Å². The highest BCUT2D eigenvalue weighted by atomic mass is 32.2. The topological polar surface area (TPSA) is 93.2 Å². The van der Waals surface area contributed by atoms with Crippen LogP contribution in [0.3, 0.4) is 0 Å². The molecule has 8 heteroatoms. The summed E-state index contributed by atoms with van der Waals surface area (Å²) < 4.78 is 32.8. The summed E-state index contributed by atoms with van der Waals surface area (Å²) in [5.74, 6) is 1.50. The quantitative estimate of drug-likeness (QED) is 0.730. The van der Waals surface area contributed by atoms with E-state index in [9.17, 15) is 8.42 Å². The van der Waals surface area contributed by atoms with Gasteiger partial charge in [-0.25, -0.2) is 8.42 Å². The van der Waals surface area contributed by atoms with Crippen LogP contribution in [0.1, 0.15) is 44.1 Å². The minimum absolute atomic E-state index is 0.156. The summed E-state index contributed by atoms with van der Waals surface area (Å²) in [7, 11) is -2.18. The number of hydrogen-bond donors (Lipinski definition) is 2. The van der Waals surface area contributed by atoms with Gasteiger partial charge in [-0.3, -0.25) is 4.72 Å². The molecule has 0 spiro atoms. The fraction of sp³-hybridized carbons (Fsp3) is 0.474. The van der Waals surface area contributed by atoms with Gasteiger partial charge in [0.1, 0.15) is 11.6 Å². The lowest BCUT2D eigenvalue weighted by Gasteiger charge is -2.16. The first-order valence-corrected chi connectivity index (χ1v) is 10.7. The molecule has 1 saturated carbocycles. The minimum atomic E-state index is -3.73. The van der Waals surface area contributed by atoms with E-state index in [0.29, 0.717) is 17.6 Å². The number of ether oxygens (including phenoxy) is 1. The third-order valence-corrected chi connectivity index (χ3v) is 6.14. The summed E-state index contributed by atoms with van der Waals surface area (Å²) in [6.07, 6.45) is 7.29. The summed E-state index contributed by atoms with van der Waals surface area (Å²) in [5.41, 5.74) is 0.745. The molecule has 3 rings (SSSR count). The maximum absolute atomic E-state index is 12.6. The van der Waals surface area contributed by atoms with Gasteiger partial charge in [-0.15, -0.1) is 10.2 Å². The van der Waals surface area contributed by atoms with E-state index in [4.69, 9.17) is 4.74 Å². The molecule has 0 saturated heterocycles. The van der Waals surface area contributed by atoms with Crippen LogP contribution in [0.15, 0.2) is 35.2 Å². The van der Waals surface area contributed by atoms with E-state index in [1.165, 1.54) is 31.7 Å². The molecule has 0 bridgehead atoms. The average Bonchev–Trinajstić information content (AvgIpc) is 2.92. The van der Waals surface area contributed by atoms with Gasteiger partial charge in [-0.1, -0.05) is 25.7 Å². The number of nitrogens with one attached hydrogen (secondary N) is 2. The Morgan fingerprint density at radius 3 is 2.26 bits per heavy atom. The van der Waals surface area contributed by atoms with E-state index in [-0.39, 0.29) is 10.7 Å². The molecule has 1 aromatic carbocycles. The smallest absolute Gasteiger partial charge is 0.263 e. The van der Waals surface area contributed by atoms with Crippen LogP contribution in [0.25, 0.3) is 0 Å². The van der Waals surface area contributed by atoms with Gasteiger partial charge in [0.2, 0.25) is 0 Å². The van der Waals surface area contributed by atoms with Gasteiger partial charge >= 0.3 is 0 Å². The molecule has 0 atom stereocenters. The Hall–Kier alpha value is -2.35. The van der Waals surface area contributed by atoms with Crippen molar-refractivity contribution in [2.75, 3.05) is 17.1 Å². The molecule has 0 aliphatic heterocycles. The predicted octanol–water partition coefficient (Wildman–Crippen LogP) is 3.73. The van der Waals surface area contributed by atoms with Crippen molar-refractivity contribution in [3.8, 4) is 5.75 Å². The Bertz CT molecular complexity index is 861. The van der Waals surface area contributed by atoms with Crippen molar-refractivity contribution >= 4 is 21.7 Å². The van der Waals surface area contributed by atoms with Crippen molar-refractivity contribution in [1.29, 1.82) is 0 Å². The molecule has 7 nitrogen and oxygen atoms in total. The maximum atomic E-state index is 12.6. The monoisotopic (exact) mass is 390 g/mol. The van der Waals surface area contributed by atoms with Gasteiger partial charge in [0, 0.05) is 6.04 Å². The Balaban J connectivity index is 1.67. The molecule has 27 heavy (non-hydrogen) atoms. The van der Waals surface area contributed by atoms with Gasteiger partial charge in [-0.2, -0.15) is 0 Å². The molecule has 1 heterocycles. The minimum Gasteiger partial charge on any atom is -0.496 e. The molecule has 146 valence electrons. The summed E-state index contributed by atoms with van der Waals surface area (Å²) in [6, 6.07) is 8.50. The van der Waals surface area contributed by atoms with Crippen molar-refractivity contribution in [1.82, 2.24) is 10.2 Å². The number of benzene rings is 1. The third-order valence-electron chi connectivity index (χ3n) is 4.79. The second-order valence-electron chi connectivity index (χ2n) is 6.87. The van der Waals surface area contributed by atoms with Crippen molar-refractivity contribution in [2.45, 2.75) is 56.4 Å². The van der Waals surface area contributed by atoms with Crippen LogP contribution in [-0.2, 0) is 10.0 Å². The van der Waals surface area contributed by atoms with E-state index in [1.54, 1.807) is 38.3 Å². The first kappa shape index (κ1) is 19.4. The second kappa shape index (κ2) is 8.56. The van der Waals surface area contributed by atoms with Crippen LogP contribution in [-0.4, -0.2) is 31.8 Å². The summed E-state index contributed by atoms with van der Waals surface area (Å²) in [4.78, 5) is 0.156. The number of nitrogens with zero attached hydrogens (tertiary/aromatic N) is 2. The van der Waals surface area contributed by atoms with Crippen molar-refractivity contribution in [3.63, 3.8) is 0 Å². The molecular weight excluding hydrogens is 364 g/mol. The van der Waals surface area contributed by atoms with Crippen LogP contribution < -0.4 is 14.8 Å². The maximum Gasteiger partial charge on any atom is 0.263 e. The molecule has 0 unspecified atom stereocenters.